The summed E-state index contributed by atoms with van der Waals surface area (Å²) in [6, 6.07) is 11.1. The molecule has 0 bridgehead atoms. The third-order valence-electron chi connectivity index (χ3n) is 10.7. The molecule has 2 aromatic carbocycles. The number of nitrogens with zero attached hydrogens (tertiary/aromatic N) is 3. The van der Waals surface area contributed by atoms with Crippen molar-refractivity contribution in [2.24, 2.45) is 5.92 Å². The van der Waals surface area contributed by atoms with Gasteiger partial charge >= 0.3 is 22.4 Å². The van der Waals surface area contributed by atoms with Gasteiger partial charge in [-0.2, -0.15) is 12.7 Å². The molecule has 5 amide bonds. The van der Waals surface area contributed by atoms with E-state index in [4.69, 9.17) is 9.47 Å². The molecule has 57 heavy (non-hydrogen) atoms. The van der Waals surface area contributed by atoms with E-state index in [0.29, 0.717) is 36.0 Å². The number of alkyl carbamates (subject to hydrolysis) is 1. The number of hydrogen-bond donors (Lipinski definition) is 3. The van der Waals surface area contributed by atoms with Gasteiger partial charge in [-0.05, 0) is 63.6 Å². The van der Waals surface area contributed by atoms with Crippen molar-refractivity contribution in [3.05, 3.63) is 83.2 Å². The molecule has 15 nitrogen and oxygen atoms in total. The Morgan fingerprint density at radius 3 is 2.51 bits per heavy atom. The second-order valence-corrected chi connectivity index (χ2v) is 18.0. The third kappa shape index (κ3) is 9.93. The van der Waals surface area contributed by atoms with Crippen molar-refractivity contribution < 1.29 is 46.3 Å². The Labute approximate surface area is 332 Å². The molecule has 1 aliphatic carbocycles. The summed E-state index contributed by atoms with van der Waals surface area (Å²) in [5.41, 5.74) is -0.790. The number of fused-ring (bicyclic) bond motifs is 3. The smallest absolute Gasteiger partial charge is 0.410 e. The van der Waals surface area contributed by atoms with E-state index >= 15 is 0 Å². The molecule has 5 atom stereocenters. The van der Waals surface area contributed by atoms with Crippen LogP contribution < -0.4 is 15.4 Å². The van der Waals surface area contributed by atoms with E-state index in [9.17, 15) is 36.8 Å². The molecule has 3 aliphatic heterocycles. The first kappa shape index (κ1) is 41.6. The fraction of sp³-hybridized carbons (Fsp3) is 0.525. The summed E-state index contributed by atoms with van der Waals surface area (Å²) >= 11 is 0. The molecular formula is C40H51FN6O9S. The first-order valence-corrected chi connectivity index (χ1v) is 20.7. The molecule has 3 N–H and O–H groups in total. The molecule has 17 heteroatoms. The predicted molar refractivity (Wildman–Crippen MR) is 205 cm³/mol. The normalized spacial score (nSPS) is 25.9. The lowest BCUT2D eigenvalue weighted by Gasteiger charge is -2.30. The first-order chi connectivity index (χ1) is 27.0. The number of allylic oxidation sites excluding steroid dienone is 1. The summed E-state index contributed by atoms with van der Waals surface area (Å²) in [7, 11) is -3.02. The van der Waals surface area contributed by atoms with Gasteiger partial charge < -0.3 is 25.0 Å². The van der Waals surface area contributed by atoms with E-state index in [0.717, 1.165) is 10.7 Å². The second kappa shape index (κ2) is 16.8. The number of benzene rings is 2. The number of nitrogens with one attached hydrogen (secondary N) is 3. The van der Waals surface area contributed by atoms with E-state index < -0.39 is 81.2 Å². The molecule has 1 saturated heterocycles. The van der Waals surface area contributed by atoms with Crippen LogP contribution in [0.25, 0.3) is 0 Å². The second-order valence-electron chi connectivity index (χ2n) is 16.2. The molecule has 6 rings (SSSR count). The fourth-order valence-corrected chi connectivity index (χ4v) is 8.45. The highest BCUT2D eigenvalue weighted by Gasteiger charge is 2.62. The quantitative estimate of drug-likeness (QED) is 0.348. The Bertz CT molecular complexity index is 2010. The minimum Gasteiger partial charge on any atom is -0.444 e. The Morgan fingerprint density at radius 1 is 1.04 bits per heavy atom. The minimum absolute atomic E-state index is 0.0116. The fourth-order valence-electron chi connectivity index (χ4n) is 7.55. The zero-order valence-electron chi connectivity index (χ0n) is 32.7. The van der Waals surface area contributed by atoms with Crippen molar-refractivity contribution >= 4 is 40.1 Å². The lowest BCUT2D eigenvalue weighted by molar-refractivity contribution is -0.141. The molecule has 0 spiro atoms. The van der Waals surface area contributed by atoms with Crippen molar-refractivity contribution in [2.45, 2.75) is 115 Å². The highest BCUT2D eigenvalue weighted by atomic mass is 32.2. The maximum absolute atomic E-state index is 14.5. The first-order valence-electron chi connectivity index (χ1n) is 19.3. The highest BCUT2D eigenvalue weighted by Crippen LogP contribution is 2.46. The van der Waals surface area contributed by atoms with Crippen LogP contribution in [0.5, 0.6) is 0 Å². The number of carbonyl (C=O) groups excluding carboxylic acids is 5. The van der Waals surface area contributed by atoms with Crippen LogP contribution in [0.4, 0.5) is 14.0 Å². The van der Waals surface area contributed by atoms with E-state index in [2.05, 4.69) is 15.4 Å². The van der Waals surface area contributed by atoms with E-state index in [-0.39, 0.29) is 45.4 Å². The van der Waals surface area contributed by atoms with Gasteiger partial charge in [0, 0.05) is 38.0 Å². The maximum atomic E-state index is 14.5. The molecule has 0 radical (unpaired) electrons. The SMILES string of the molecule is CN(Cc1ccccc1)S(=O)(=O)NC(=O)[C@@]12C[C@@H]1/C=C\CCCCC[C@H](NC(=O)OC(C)(C)C)C(=O)N1C[C@H](OC(=O)N3Cc4cccc(F)c4C3)C[C@H]1C(=O)N2. The number of rotatable bonds is 7. The molecule has 2 fully saturated rings. The summed E-state index contributed by atoms with van der Waals surface area (Å²) in [6.07, 6.45) is 3.92. The lowest BCUT2D eigenvalue weighted by Crippen LogP contribution is -2.59. The molecule has 0 aromatic heterocycles. The monoisotopic (exact) mass is 810 g/mol. The summed E-state index contributed by atoms with van der Waals surface area (Å²) in [4.78, 5) is 71.7. The van der Waals surface area contributed by atoms with Crippen LogP contribution in [-0.4, -0.2) is 95.4 Å². The topological polar surface area (TPSA) is 184 Å². The van der Waals surface area contributed by atoms with Gasteiger partial charge in [0.2, 0.25) is 11.8 Å². The van der Waals surface area contributed by atoms with Crippen LogP contribution >= 0.6 is 0 Å². The summed E-state index contributed by atoms with van der Waals surface area (Å²) in [5.74, 6) is -3.29. The minimum atomic E-state index is -4.36. The zero-order valence-corrected chi connectivity index (χ0v) is 33.5. The van der Waals surface area contributed by atoms with Gasteiger partial charge in [0.25, 0.3) is 5.91 Å². The summed E-state index contributed by atoms with van der Waals surface area (Å²) in [5, 5.41) is 5.46. The summed E-state index contributed by atoms with van der Waals surface area (Å²) in [6.45, 7) is 4.94. The number of hydrogen-bond acceptors (Lipinski definition) is 9. The van der Waals surface area contributed by atoms with Crippen LogP contribution in [0, 0.1) is 11.7 Å². The van der Waals surface area contributed by atoms with E-state index in [1.807, 2.05) is 6.08 Å². The van der Waals surface area contributed by atoms with Gasteiger partial charge in [0.15, 0.2) is 0 Å². The number of halogens is 1. The van der Waals surface area contributed by atoms with Crippen molar-refractivity contribution in [1.29, 1.82) is 0 Å². The lowest BCUT2D eigenvalue weighted by atomic mass is 10.0. The van der Waals surface area contributed by atoms with E-state index in [1.54, 1.807) is 69.3 Å². The molecule has 0 unspecified atom stereocenters. The Kier molecular flexibility index (Phi) is 12.3. The van der Waals surface area contributed by atoms with Crippen molar-refractivity contribution in [1.82, 2.24) is 29.5 Å². The molecular weight excluding hydrogens is 760 g/mol. The van der Waals surface area contributed by atoms with Gasteiger partial charge in [0.05, 0.1) is 13.1 Å². The third-order valence-corrected chi connectivity index (χ3v) is 12.1. The largest absolute Gasteiger partial charge is 0.444 e. The average molecular weight is 811 g/mol. The van der Waals surface area contributed by atoms with Gasteiger partial charge in [-0.25, -0.2) is 18.7 Å². The predicted octanol–water partition coefficient (Wildman–Crippen LogP) is 4.03. The highest BCUT2D eigenvalue weighted by molar-refractivity contribution is 7.87. The number of ether oxygens (including phenoxy) is 2. The Morgan fingerprint density at radius 2 is 1.79 bits per heavy atom. The standard InChI is InChI=1S/C40H51FN6O9S/c1-39(2,3)56-37(51)42-32-19-12-7-5-6-11-17-28-21-40(28,36(50)44-57(53,54)45(4)22-26-14-9-8-10-15-26)43-34(48)33-20-29(24-47(33)35(32)49)55-38(52)46-23-27-16-13-18-31(41)30(27)25-46/h8-11,13-18,28-29,32-33H,5-7,12,19-25H2,1-4H3,(H,42,51)(H,43,48)(H,44,50)/b17-11-/t28-,29+,32-,33-,40+/m0/s1. The maximum Gasteiger partial charge on any atom is 0.410 e. The van der Waals surface area contributed by atoms with Crippen LogP contribution in [0.2, 0.25) is 0 Å². The van der Waals surface area contributed by atoms with Crippen LogP contribution in [0.15, 0.2) is 60.7 Å². The Balaban J connectivity index is 1.25. The zero-order chi connectivity index (χ0) is 41.1. The molecule has 308 valence electrons. The molecule has 2 aromatic rings. The average Bonchev–Trinajstić information content (AvgIpc) is 3.43. The van der Waals surface area contributed by atoms with Crippen LogP contribution in [0.1, 0.15) is 82.4 Å². The van der Waals surface area contributed by atoms with Crippen molar-refractivity contribution in [2.75, 3.05) is 13.6 Å². The molecule has 1 saturated carbocycles. The van der Waals surface area contributed by atoms with Gasteiger partial charge in [-0.1, -0.05) is 67.5 Å². The number of amides is 5. The van der Waals surface area contributed by atoms with Gasteiger partial charge in [-0.3, -0.25) is 19.3 Å². The van der Waals surface area contributed by atoms with Crippen molar-refractivity contribution in [3.63, 3.8) is 0 Å². The van der Waals surface area contributed by atoms with Crippen LogP contribution in [-0.2, 0) is 53.7 Å². The van der Waals surface area contributed by atoms with Gasteiger partial charge in [0.1, 0.15) is 35.1 Å². The van der Waals surface area contributed by atoms with Gasteiger partial charge in [-0.15, -0.1) is 0 Å². The Hall–Kier alpha value is -5.03. The molecule has 4 aliphatic rings. The van der Waals surface area contributed by atoms with E-state index in [1.165, 1.54) is 22.9 Å². The van der Waals surface area contributed by atoms with Crippen LogP contribution in [0.3, 0.4) is 0 Å². The number of carbonyl (C=O) groups is 5. The van der Waals surface area contributed by atoms with Crippen molar-refractivity contribution in [3.8, 4) is 0 Å². The summed E-state index contributed by atoms with van der Waals surface area (Å²) < 4.78 is 55.7. The molecule has 3 heterocycles.